The molecule has 2 amide bonds. The van der Waals surface area contributed by atoms with Gasteiger partial charge in [-0.1, -0.05) is 6.07 Å². The predicted molar refractivity (Wildman–Crippen MR) is 136 cm³/mol. The Morgan fingerprint density at radius 1 is 1.07 bits per heavy atom. The van der Waals surface area contributed by atoms with Gasteiger partial charge in [-0.2, -0.15) is 12.7 Å². The van der Waals surface area contributed by atoms with Gasteiger partial charge in [0.1, 0.15) is 18.0 Å². The number of amides is 2. The SMILES string of the molecule is CNS(=O)(=O)N(CC(=O)N(Cc1cc(C(=O)O)c(Nc2ccc(C)cc2F)c(F)c1F)OC)C(=O)OC(C)(C)C. The number of hydrogen-bond acceptors (Lipinski definition) is 8. The second kappa shape index (κ2) is 12.5. The van der Waals surface area contributed by atoms with Crippen molar-refractivity contribution in [2.75, 3.05) is 26.0 Å². The lowest BCUT2D eigenvalue weighted by atomic mass is 10.1. The fraction of sp³-hybridized carbons (Fsp3) is 0.375. The van der Waals surface area contributed by atoms with Crippen molar-refractivity contribution in [2.45, 2.75) is 39.8 Å². The number of nitrogens with zero attached hydrogens (tertiary/aromatic N) is 2. The van der Waals surface area contributed by atoms with Gasteiger partial charge in [0.05, 0.1) is 30.6 Å². The topological polar surface area (TPSA) is 155 Å². The van der Waals surface area contributed by atoms with Crippen LogP contribution in [-0.2, 0) is 31.1 Å². The third kappa shape index (κ3) is 7.83. The van der Waals surface area contributed by atoms with E-state index in [1.165, 1.54) is 32.9 Å². The van der Waals surface area contributed by atoms with Crippen LogP contribution in [0.4, 0.5) is 29.3 Å². The predicted octanol–water partition coefficient (Wildman–Crippen LogP) is 3.45. The number of nitrogens with one attached hydrogen (secondary N) is 2. The van der Waals surface area contributed by atoms with E-state index in [0.717, 1.165) is 20.2 Å². The first-order valence-corrected chi connectivity index (χ1v) is 12.9. The minimum Gasteiger partial charge on any atom is -0.478 e. The van der Waals surface area contributed by atoms with E-state index in [1.807, 2.05) is 4.72 Å². The van der Waals surface area contributed by atoms with E-state index >= 15 is 8.78 Å². The number of aryl methyl sites for hydroxylation is 1. The molecule has 2 aromatic rings. The zero-order chi connectivity index (χ0) is 30.6. The van der Waals surface area contributed by atoms with Crippen LogP contribution in [0.3, 0.4) is 0 Å². The Morgan fingerprint density at radius 3 is 2.20 bits per heavy atom. The Labute approximate surface area is 228 Å². The standard InChI is InChI=1S/C24H29F3N4O8S/c1-13-7-8-17(16(25)9-13)29-21-15(22(33)34)10-14(19(26)20(21)27)11-30(38-6)18(32)12-31(40(36,37)28-5)23(35)39-24(2,3)4/h7-10,28-29H,11-12H2,1-6H3,(H,33,34). The Morgan fingerprint density at radius 2 is 1.70 bits per heavy atom. The first-order valence-electron chi connectivity index (χ1n) is 11.5. The molecule has 2 rings (SSSR count). The van der Waals surface area contributed by atoms with Crippen LogP contribution >= 0.6 is 0 Å². The maximum Gasteiger partial charge on any atom is 0.425 e. The maximum atomic E-state index is 15.1. The average Bonchev–Trinajstić information content (AvgIpc) is 2.84. The highest BCUT2D eigenvalue weighted by Crippen LogP contribution is 2.31. The number of hydroxylamine groups is 2. The molecule has 2 aromatic carbocycles. The van der Waals surface area contributed by atoms with Gasteiger partial charge in [0.25, 0.3) is 5.91 Å². The van der Waals surface area contributed by atoms with Crippen molar-refractivity contribution in [3.8, 4) is 0 Å². The van der Waals surface area contributed by atoms with Gasteiger partial charge in [-0.3, -0.25) is 9.63 Å². The lowest BCUT2D eigenvalue weighted by Gasteiger charge is -2.28. The van der Waals surface area contributed by atoms with Crippen molar-refractivity contribution in [1.29, 1.82) is 0 Å². The number of benzene rings is 2. The van der Waals surface area contributed by atoms with Crippen LogP contribution in [0.1, 0.15) is 42.3 Å². The van der Waals surface area contributed by atoms with E-state index in [-0.39, 0.29) is 9.99 Å². The molecule has 0 aromatic heterocycles. The van der Waals surface area contributed by atoms with Crippen molar-refractivity contribution < 1.29 is 50.7 Å². The number of carboxylic acids is 1. The highest BCUT2D eigenvalue weighted by atomic mass is 32.2. The Bertz CT molecular complexity index is 1410. The summed E-state index contributed by atoms with van der Waals surface area (Å²) < 4.78 is 76.1. The summed E-state index contributed by atoms with van der Waals surface area (Å²) in [6.07, 6.45) is -1.41. The molecule has 12 nitrogen and oxygen atoms in total. The number of anilines is 2. The number of hydrogen-bond donors (Lipinski definition) is 3. The molecule has 0 unspecified atom stereocenters. The van der Waals surface area contributed by atoms with E-state index in [0.29, 0.717) is 16.7 Å². The van der Waals surface area contributed by atoms with Crippen LogP contribution in [0.5, 0.6) is 0 Å². The Balaban J connectivity index is 2.43. The monoisotopic (exact) mass is 590 g/mol. The summed E-state index contributed by atoms with van der Waals surface area (Å²) in [4.78, 5) is 42.1. The third-order valence-electron chi connectivity index (χ3n) is 5.13. The fourth-order valence-corrected chi connectivity index (χ4v) is 3.96. The van der Waals surface area contributed by atoms with Crippen LogP contribution < -0.4 is 10.0 Å². The number of rotatable bonds is 10. The van der Waals surface area contributed by atoms with Crippen LogP contribution in [0.2, 0.25) is 0 Å². The minimum atomic E-state index is -4.56. The maximum absolute atomic E-state index is 15.1. The molecule has 16 heteroatoms. The van der Waals surface area contributed by atoms with Gasteiger partial charge in [-0.05, 0) is 51.5 Å². The second-order valence-corrected chi connectivity index (χ2v) is 11.1. The van der Waals surface area contributed by atoms with E-state index < -0.39 is 81.1 Å². The van der Waals surface area contributed by atoms with Gasteiger partial charge in [0, 0.05) is 12.6 Å². The molecule has 0 bridgehead atoms. The third-order valence-corrected chi connectivity index (χ3v) is 6.51. The molecule has 3 N–H and O–H groups in total. The summed E-state index contributed by atoms with van der Waals surface area (Å²) in [7, 11) is -2.63. The summed E-state index contributed by atoms with van der Waals surface area (Å²) in [6, 6.07) is 4.47. The number of ether oxygens (including phenoxy) is 1. The molecular weight excluding hydrogens is 561 g/mol. The number of carbonyl (C=O) groups is 3. The number of aromatic carboxylic acids is 1. The van der Waals surface area contributed by atoms with E-state index in [4.69, 9.17) is 9.57 Å². The minimum absolute atomic E-state index is 0.0648. The van der Waals surface area contributed by atoms with Crippen LogP contribution in [-0.4, -0.2) is 67.2 Å². The molecule has 0 saturated carbocycles. The van der Waals surface area contributed by atoms with Crippen molar-refractivity contribution in [3.05, 3.63) is 58.4 Å². The molecule has 0 aliphatic heterocycles. The van der Waals surface area contributed by atoms with Crippen molar-refractivity contribution in [2.24, 2.45) is 0 Å². The molecule has 0 atom stereocenters. The number of halogens is 3. The number of carbonyl (C=O) groups excluding carboxylic acids is 2. The van der Waals surface area contributed by atoms with E-state index in [1.54, 1.807) is 6.92 Å². The summed E-state index contributed by atoms with van der Waals surface area (Å²) in [5, 5.41) is 12.2. The second-order valence-electron chi connectivity index (χ2n) is 9.31. The smallest absolute Gasteiger partial charge is 0.425 e. The molecule has 0 aliphatic rings. The van der Waals surface area contributed by atoms with Gasteiger partial charge in [0.15, 0.2) is 11.6 Å². The Kier molecular flexibility index (Phi) is 10.1. The van der Waals surface area contributed by atoms with Crippen LogP contribution in [0.25, 0.3) is 0 Å². The van der Waals surface area contributed by atoms with Crippen LogP contribution in [0, 0.1) is 24.4 Å². The largest absolute Gasteiger partial charge is 0.478 e. The van der Waals surface area contributed by atoms with Gasteiger partial charge in [-0.15, -0.1) is 0 Å². The molecular formula is C24H29F3N4O8S. The zero-order valence-corrected chi connectivity index (χ0v) is 23.3. The van der Waals surface area contributed by atoms with Gasteiger partial charge in [0.2, 0.25) is 0 Å². The number of carboxylic acid groups (broad SMARTS) is 1. The van der Waals surface area contributed by atoms with Crippen LogP contribution in [0.15, 0.2) is 24.3 Å². The molecule has 0 spiro atoms. The summed E-state index contributed by atoms with van der Waals surface area (Å²) in [5.74, 6) is -7.05. The molecule has 0 aliphatic carbocycles. The van der Waals surface area contributed by atoms with E-state index in [9.17, 15) is 32.3 Å². The van der Waals surface area contributed by atoms with E-state index in [2.05, 4.69) is 5.32 Å². The molecule has 220 valence electrons. The quantitative estimate of drug-likeness (QED) is 0.353. The van der Waals surface area contributed by atoms with Crippen molar-refractivity contribution in [3.63, 3.8) is 0 Å². The lowest BCUT2D eigenvalue weighted by Crippen LogP contribution is -2.50. The fourth-order valence-electron chi connectivity index (χ4n) is 3.22. The first kappa shape index (κ1) is 32.3. The lowest BCUT2D eigenvalue weighted by molar-refractivity contribution is -0.179. The van der Waals surface area contributed by atoms with Crippen molar-refractivity contribution >= 4 is 39.6 Å². The van der Waals surface area contributed by atoms with Crippen molar-refractivity contribution in [1.82, 2.24) is 14.1 Å². The van der Waals surface area contributed by atoms with Gasteiger partial charge >= 0.3 is 22.3 Å². The zero-order valence-electron chi connectivity index (χ0n) is 22.5. The van der Waals surface area contributed by atoms with Gasteiger partial charge < -0.3 is 15.2 Å². The Hall–Kier alpha value is -3.89. The summed E-state index contributed by atoms with van der Waals surface area (Å²) >= 11 is 0. The highest BCUT2D eigenvalue weighted by molar-refractivity contribution is 7.87. The molecule has 0 heterocycles. The average molecular weight is 591 g/mol. The first-order chi connectivity index (χ1) is 18.4. The highest BCUT2D eigenvalue weighted by Gasteiger charge is 2.35. The van der Waals surface area contributed by atoms with Gasteiger partial charge in [-0.25, -0.2) is 32.5 Å². The molecule has 0 saturated heterocycles. The molecule has 40 heavy (non-hydrogen) atoms. The summed E-state index contributed by atoms with van der Waals surface area (Å²) in [5.41, 5.74) is -3.27. The molecule has 0 radical (unpaired) electrons. The molecule has 0 fully saturated rings. The summed E-state index contributed by atoms with van der Waals surface area (Å²) in [6.45, 7) is 3.89. The normalized spacial score (nSPS) is 11.6.